The summed E-state index contributed by atoms with van der Waals surface area (Å²) in [5.41, 5.74) is 6.40. The first-order chi connectivity index (χ1) is 9.47. The minimum Gasteiger partial charge on any atom is -0.377 e. The van der Waals surface area contributed by atoms with E-state index >= 15 is 0 Å². The van der Waals surface area contributed by atoms with Gasteiger partial charge in [-0.2, -0.15) is 0 Å². The largest absolute Gasteiger partial charge is 0.377 e. The smallest absolute Gasteiger partial charge is 0.182 e. The number of hydrogen-bond donors (Lipinski definition) is 1. The van der Waals surface area contributed by atoms with Crippen molar-refractivity contribution in [2.24, 2.45) is 0 Å². The van der Waals surface area contributed by atoms with E-state index in [-0.39, 0.29) is 5.78 Å². The number of carbonyl (C=O) groups excluding carboxylic acids is 1. The second-order valence-corrected chi connectivity index (χ2v) is 5.41. The molecule has 0 saturated heterocycles. The van der Waals surface area contributed by atoms with Crippen molar-refractivity contribution in [1.82, 2.24) is 0 Å². The van der Waals surface area contributed by atoms with Crippen LogP contribution in [0.4, 0.5) is 5.69 Å². The highest BCUT2D eigenvalue weighted by atomic mass is 16.1. The molecule has 1 N–H and O–H groups in total. The monoisotopic (exact) mass is 267 g/mol. The Balaban J connectivity index is 2.10. The minimum atomic E-state index is 0.128. The molecule has 20 heavy (non-hydrogen) atoms. The molecule has 104 valence electrons. The first-order valence-electron chi connectivity index (χ1n) is 6.89. The van der Waals surface area contributed by atoms with Gasteiger partial charge in [0.1, 0.15) is 0 Å². The van der Waals surface area contributed by atoms with Crippen LogP contribution < -0.4 is 5.32 Å². The van der Waals surface area contributed by atoms with E-state index in [4.69, 9.17) is 0 Å². The van der Waals surface area contributed by atoms with Gasteiger partial charge in [0.25, 0.3) is 0 Å². The van der Waals surface area contributed by atoms with E-state index in [0.29, 0.717) is 6.54 Å². The average Bonchev–Trinajstić information content (AvgIpc) is 2.39. The van der Waals surface area contributed by atoms with Gasteiger partial charge >= 0.3 is 0 Å². The molecule has 0 unspecified atom stereocenters. The second-order valence-electron chi connectivity index (χ2n) is 5.41. The summed E-state index contributed by atoms with van der Waals surface area (Å²) in [6.45, 7) is 8.45. The first kappa shape index (κ1) is 14.3. The summed E-state index contributed by atoms with van der Waals surface area (Å²) < 4.78 is 0. The van der Waals surface area contributed by atoms with Crippen molar-refractivity contribution in [1.29, 1.82) is 0 Å². The summed E-state index contributed by atoms with van der Waals surface area (Å²) in [5.74, 6) is 0.128. The number of aryl methyl sites for hydroxylation is 4. The maximum absolute atomic E-state index is 12.3. The third-order valence-corrected chi connectivity index (χ3v) is 3.51. The standard InChI is InChI=1S/C18H21NO/c1-12-6-8-16(15(4)9-12)18(20)11-19-17-10-13(2)5-7-14(17)3/h5-10,19H,11H2,1-4H3. The zero-order valence-corrected chi connectivity index (χ0v) is 12.6. The van der Waals surface area contributed by atoms with Gasteiger partial charge in [-0.05, 0) is 50.5 Å². The highest BCUT2D eigenvalue weighted by Gasteiger charge is 2.09. The molecular formula is C18H21NO. The van der Waals surface area contributed by atoms with Crippen molar-refractivity contribution in [3.05, 3.63) is 64.2 Å². The molecule has 0 aliphatic carbocycles. The molecule has 0 aliphatic rings. The van der Waals surface area contributed by atoms with Crippen molar-refractivity contribution >= 4 is 11.5 Å². The quantitative estimate of drug-likeness (QED) is 0.840. The lowest BCUT2D eigenvalue weighted by molar-refractivity contribution is 0.101. The summed E-state index contributed by atoms with van der Waals surface area (Å²) >= 11 is 0. The van der Waals surface area contributed by atoms with Crippen LogP contribution in [0.5, 0.6) is 0 Å². The van der Waals surface area contributed by atoms with Gasteiger partial charge in [0.2, 0.25) is 0 Å². The summed E-state index contributed by atoms with van der Waals surface area (Å²) in [6, 6.07) is 12.2. The van der Waals surface area contributed by atoms with Gasteiger partial charge in [-0.15, -0.1) is 0 Å². The van der Waals surface area contributed by atoms with Gasteiger partial charge in [0, 0.05) is 11.3 Å². The lowest BCUT2D eigenvalue weighted by atomic mass is 10.0. The van der Waals surface area contributed by atoms with E-state index in [2.05, 4.69) is 30.4 Å². The van der Waals surface area contributed by atoms with Crippen LogP contribution in [-0.2, 0) is 0 Å². The van der Waals surface area contributed by atoms with Gasteiger partial charge < -0.3 is 5.32 Å². The summed E-state index contributed by atoms with van der Waals surface area (Å²) in [7, 11) is 0. The molecular weight excluding hydrogens is 246 g/mol. The van der Waals surface area contributed by atoms with Crippen molar-refractivity contribution in [3.63, 3.8) is 0 Å². The number of nitrogens with one attached hydrogen (secondary N) is 1. The van der Waals surface area contributed by atoms with Gasteiger partial charge in [0.05, 0.1) is 6.54 Å². The van der Waals surface area contributed by atoms with Crippen molar-refractivity contribution in [3.8, 4) is 0 Å². The molecule has 0 aromatic heterocycles. The van der Waals surface area contributed by atoms with Crippen LogP contribution >= 0.6 is 0 Å². The molecule has 0 amide bonds. The highest BCUT2D eigenvalue weighted by molar-refractivity contribution is 6.00. The fourth-order valence-electron chi connectivity index (χ4n) is 2.32. The molecule has 0 atom stereocenters. The maximum atomic E-state index is 12.3. The maximum Gasteiger partial charge on any atom is 0.182 e. The molecule has 0 spiro atoms. The Morgan fingerprint density at radius 2 is 1.55 bits per heavy atom. The molecule has 2 heteroatoms. The van der Waals surface area contributed by atoms with Gasteiger partial charge in [-0.25, -0.2) is 0 Å². The molecule has 2 aromatic carbocycles. The van der Waals surface area contributed by atoms with Crippen LogP contribution in [0.25, 0.3) is 0 Å². The van der Waals surface area contributed by atoms with Crippen molar-refractivity contribution < 1.29 is 4.79 Å². The van der Waals surface area contributed by atoms with E-state index in [1.165, 1.54) is 11.1 Å². The Kier molecular flexibility index (Phi) is 4.23. The molecule has 0 heterocycles. The third-order valence-electron chi connectivity index (χ3n) is 3.51. The van der Waals surface area contributed by atoms with Crippen LogP contribution in [0.1, 0.15) is 32.6 Å². The predicted octanol–water partition coefficient (Wildman–Crippen LogP) is 4.22. The Hall–Kier alpha value is -2.09. The first-order valence-corrected chi connectivity index (χ1v) is 6.89. The molecule has 0 bridgehead atoms. The minimum absolute atomic E-state index is 0.128. The highest BCUT2D eigenvalue weighted by Crippen LogP contribution is 2.17. The molecule has 2 nitrogen and oxygen atoms in total. The molecule has 0 aliphatic heterocycles. The second kappa shape index (κ2) is 5.91. The number of rotatable bonds is 4. The van der Waals surface area contributed by atoms with Crippen LogP contribution in [-0.4, -0.2) is 12.3 Å². The Morgan fingerprint density at radius 3 is 2.25 bits per heavy atom. The predicted molar refractivity (Wildman–Crippen MR) is 84.7 cm³/mol. The Bertz CT molecular complexity index is 644. The van der Waals surface area contributed by atoms with E-state index in [0.717, 1.165) is 22.4 Å². The normalized spacial score (nSPS) is 10.4. The number of hydrogen-bond acceptors (Lipinski definition) is 2. The molecule has 2 rings (SSSR count). The average molecular weight is 267 g/mol. The van der Waals surface area contributed by atoms with Crippen LogP contribution in [0.2, 0.25) is 0 Å². The number of carbonyl (C=O) groups is 1. The van der Waals surface area contributed by atoms with E-state index in [1.807, 2.05) is 39.0 Å². The van der Waals surface area contributed by atoms with E-state index < -0.39 is 0 Å². The molecule has 2 aromatic rings. The van der Waals surface area contributed by atoms with E-state index in [9.17, 15) is 4.79 Å². The third kappa shape index (κ3) is 3.27. The lowest BCUT2D eigenvalue weighted by Gasteiger charge is -2.11. The Labute approximate surface area is 120 Å². The molecule has 0 radical (unpaired) electrons. The zero-order valence-electron chi connectivity index (χ0n) is 12.6. The lowest BCUT2D eigenvalue weighted by Crippen LogP contribution is -2.15. The van der Waals surface area contributed by atoms with Crippen LogP contribution in [0.15, 0.2) is 36.4 Å². The fraction of sp³-hybridized carbons (Fsp3) is 0.278. The SMILES string of the molecule is Cc1ccc(C(=O)CNc2cc(C)ccc2C)c(C)c1. The van der Waals surface area contributed by atoms with Gasteiger partial charge in [-0.1, -0.05) is 35.9 Å². The summed E-state index contributed by atoms with van der Waals surface area (Å²) in [4.78, 5) is 12.3. The fourth-order valence-corrected chi connectivity index (χ4v) is 2.32. The number of ketones is 1. The summed E-state index contributed by atoms with van der Waals surface area (Å²) in [5, 5.41) is 3.24. The van der Waals surface area contributed by atoms with Gasteiger partial charge in [0.15, 0.2) is 5.78 Å². The van der Waals surface area contributed by atoms with Crippen molar-refractivity contribution in [2.75, 3.05) is 11.9 Å². The topological polar surface area (TPSA) is 29.1 Å². The van der Waals surface area contributed by atoms with E-state index in [1.54, 1.807) is 0 Å². The van der Waals surface area contributed by atoms with Crippen LogP contribution in [0.3, 0.4) is 0 Å². The van der Waals surface area contributed by atoms with Crippen molar-refractivity contribution in [2.45, 2.75) is 27.7 Å². The molecule has 0 fully saturated rings. The number of anilines is 1. The van der Waals surface area contributed by atoms with Crippen LogP contribution in [0, 0.1) is 27.7 Å². The number of Topliss-reactive ketones (excluding diaryl/α,β-unsaturated/α-hetero) is 1. The molecule has 0 saturated carbocycles. The summed E-state index contributed by atoms with van der Waals surface area (Å²) in [6.07, 6.45) is 0. The zero-order chi connectivity index (χ0) is 14.7. The number of benzene rings is 2. The van der Waals surface area contributed by atoms with Gasteiger partial charge in [-0.3, -0.25) is 4.79 Å². The Morgan fingerprint density at radius 1 is 0.900 bits per heavy atom.